The van der Waals surface area contributed by atoms with Crippen LogP contribution in [0.1, 0.15) is 36.9 Å². The van der Waals surface area contributed by atoms with Crippen molar-refractivity contribution in [3.05, 3.63) is 52.9 Å². The van der Waals surface area contributed by atoms with Gasteiger partial charge < -0.3 is 10.1 Å². The van der Waals surface area contributed by atoms with Crippen molar-refractivity contribution in [3.8, 4) is 0 Å². The van der Waals surface area contributed by atoms with Crippen LogP contribution in [-0.2, 0) is 16.8 Å². The average Bonchev–Trinajstić information content (AvgIpc) is 3.30. The summed E-state index contributed by atoms with van der Waals surface area (Å²) in [5.74, 6) is 1.47. The van der Waals surface area contributed by atoms with Gasteiger partial charge in [-0.05, 0) is 30.5 Å². The van der Waals surface area contributed by atoms with E-state index in [4.69, 9.17) is 16.3 Å². The minimum Gasteiger partial charge on any atom is -0.378 e. The van der Waals surface area contributed by atoms with E-state index in [1.165, 1.54) is 24.7 Å². The highest BCUT2D eigenvalue weighted by Gasteiger charge is 2.35. The van der Waals surface area contributed by atoms with Gasteiger partial charge in [-0.3, -0.25) is 0 Å². The first kappa shape index (κ1) is 17.2. The van der Waals surface area contributed by atoms with E-state index in [1.807, 2.05) is 18.2 Å². The Balaban J connectivity index is 1.63. The Labute approximate surface area is 157 Å². The molecule has 1 aliphatic carbocycles. The molecule has 26 heavy (non-hydrogen) atoms. The number of halogens is 1. The monoisotopic (exact) mass is 371 g/mol. The number of rotatable bonds is 6. The van der Waals surface area contributed by atoms with E-state index in [2.05, 4.69) is 32.5 Å². The second kappa shape index (κ2) is 7.21. The molecule has 0 unspecified atom stereocenters. The predicted molar refractivity (Wildman–Crippen MR) is 102 cm³/mol. The van der Waals surface area contributed by atoms with Gasteiger partial charge in [-0.15, -0.1) is 0 Å². The first-order valence-corrected chi connectivity index (χ1v) is 9.26. The van der Waals surface area contributed by atoms with E-state index >= 15 is 0 Å². The molecule has 7 heteroatoms. The van der Waals surface area contributed by atoms with Crippen molar-refractivity contribution in [3.63, 3.8) is 0 Å². The molecule has 1 fully saturated rings. The SMILES string of the molecule is COCc1cc(NCC2(c3ccc(Cl)cc3)CCCC2)n2ncnc2n1. The summed E-state index contributed by atoms with van der Waals surface area (Å²) in [7, 11) is 1.66. The van der Waals surface area contributed by atoms with E-state index in [-0.39, 0.29) is 5.41 Å². The van der Waals surface area contributed by atoms with Crippen LogP contribution in [0.25, 0.3) is 5.78 Å². The summed E-state index contributed by atoms with van der Waals surface area (Å²) in [5.41, 5.74) is 2.29. The summed E-state index contributed by atoms with van der Waals surface area (Å²) < 4.78 is 6.97. The van der Waals surface area contributed by atoms with Crippen LogP contribution in [0.2, 0.25) is 5.02 Å². The van der Waals surface area contributed by atoms with Gasteiger partial charge in [0.05, 0.1) is 12.3 Å². The third kappa shape index (κ3) is 3.27. The summed E-state index contributed by atoms with van der Waals surface area (Å²) in [6.07, 6.45) is 6.34. The van der Waals surface area contributed by atoms with Gasteiger partial charge in [-0.25, -0.2) is 4.98 Å². The summed E-state index contributed by atoms with van der Waals surface area (Å²) in [5, 5.41) is 8.67. The molecular weight excluding hydrogens is 350 g/mol. The molecule has 1 aromatic carbocycles. The molecule has 1 aliphatic rings. The van der Waals surface area contributed by atoms with Crippen molar-refractivity contribution in [2.75, 3.05) is 19.0 Å². The standard InChI is InChI=1S/C19H22ClN5O/c1-26-11-16-10-17(25-18(24-16)22-13-23-25)21-12-19(8-2-3-9-19)14-4-6-15(20)7-5-14/h4-7,10,13,21H,2-3,8-9,11-12H2,1H3. The number of methoxy groups -OCH3 is 1. The largest absolute Gasteiger partial charge is 0.378 e. The summed E-state index contributed by atoms with van der Waals surface area (Å²) in [6, 6.07) is 10.3. The van der Waals surface area contributed by atoms with Gasteiger partial charge in [0, 0.05) is 30.2 Å². The van der Waals surface area contributed by atoms with E-state index < -0.39 is 0 Å². The number of aromatic nitrogens is 4. The molecule has 136 valence electrons. The molecule has 2 aromatic heterocycles. The molecule has 6 nitrogen and oxygen atoms in total. The summed E-state index contributed by atoms with van der Waals surface area (Å²) in [6.45, 7) is 1.28. The molecule has 0 saturated heterocycles. The van der Waals surface area contributed by atoms with Crippen LogP contribution in [0.4, 0.5) is 5.82 Å². The normalized spacial score (nSPS) is 16.2. The van der Waals surface area contributed by atoms with Crippen LogP contribution in [0.3, 0.4) is 0 Å². The maximum Gasteiger partial charge on any atom is 0.254 e. The lowest BCUT2D eigenvalue weighted by Gasteiger charge is -2.30. The van der Waals surface area contributed by atoms with Crippen molar-refractivity contribution in [2.24, 2.45) is 0 Å². The number of nitrogens with zero attached hydrogens (tertiary/aromatic N) is 4. The predicted octanol–water partition coefficient (Wildman–Crippen LogP) is 3.85. The maximum atomic E-state index is 6.08. The fourth-order valence-electron chi connectivity index (χ4n) is 3.89. The topological polar surface area (TPSA) is 64.3 Å². The number of benzene rings is 1. The van der Waals surface area contributed by atoms with Gasteiger partial charge in [-0.2, -0.15) is 14.6 Å². The second-order valence-corrected chi connectivity index (χ2v) is 7.32. The van der Waals surface area contributed by atoms with Crippen molar-refractivity contribution >= 4 is 23.2 Å². The van der Waals surface area contributed by atoms with E-state index in [0.29, 0.717) is 12.4 Å². The van der Waals surface area contributed by atoms with Crippen LogP contribution in [0.5, 0.6) is 0 Å². The highest BCUT2D eigenvalue weighted by atomic mass is 35.5. The van der Waals surface area contributed by atoms with Crippen LogP contribution < -0.4 is 5.32 Å². The van der Waals surface area contributed by atoms with Gasteiger partial charge in [0.1, 0.15) is 12.1 Å². The van der Waals surface area contributed by atoms with Crippen LogP contribution in [0.15, 0.2) is 36.7 Å². The fourth-order valence-corrected chi connectivity index (χ4v) is 4.02. The highest BCUT2D eigenvalue weighted by Crippen LogP contribution is 2.41. The van der Waals surface area contributed by atoms with Crippen molar-refractivity contribution in [1.29, 1.82) is 0 Å². The lowest BCUT2D eigenvalue weighted by atomic mass is 9.79. The van der Waals surface area contributed by atoms with Crippen LogP contribution in [0, 0.1) is 0 Å². The van der Waals surface area contributed by atoms with Gasteiger partial charge in [-0.1, -0.05) is 36.6 Å². The third-order valence-electron chi connectivity index (χ3n) is 5.22. The molecule has 2 heterocycles. The van der Waals surface area contributed by atoms with Crippen molar-refractivity contribution in [2.45, 2.75) is 37.7 Å². The number of hydrogen-bond acceptors (Lipinski definition) is 5. The first-order chi connectivity index (χ1) is 12.7. The molecule has 0 atom stereocenters. The zero-order valence-electron chi connectivity index (χ0n) is 14.8. The van der Waals surface area contributed by atoms with Gasteiger partial charge in [0.2, 0.25) is 0 Å². The number of ether oxygens (including phenoxy) is 1. The highest BCUT2D eigenvalue weighted by molar-refractivity contribution is 6.30. The number of hydrogen-bond donors (Lipinski definition) is 1. The Morgan fingerprint density at radius 2 is 2.00 bits per heavy atom. The maximum absolute atomic E-state index is 6.08. The minimum atomic E-state index is 0.113. The fraction of sp³-hybridized carbons (Fsp3) is 0.421. The number of nitrogens with one attached hydrogen (secondary N) is 1. The molecule has 1 N–H and O–H groups in total. The molecule has 4 rings (SSSR count). The Morgan fingerprint density at radius 1 is 1.23 bits per heavy atom. The minimum absolute atomic E-state index is 0.113. The van der Waals surface area contributed by atoms with Crippen molar-refractivity contribution < 1.29 is 4.74 Å². The molecule has 0 amide bonds. The van der Waals surface area contributed by atoms with Gasteiger partial charge in [0.15, 0.2) is 0 Å². The third-order valence-corrected chi connectivity index (χ3v) is 5.47. The zero-order valence-corrected chi connectivity index (χ0v) is 15.5. The number of anilines is 1. The Bertz CT molecular complexity index is 887. The van der Waals surface area contributed by atoms with Gasteiger partial charge in [0.25, 0.3) is 5.78 Å². The lowest BCUT2D eigenvalue weighted by molar-refractivity contribution is 0.181. The van der Waals surface area contributed by atoms with E-state index in [1.54, 1.807) is 11.6 Å². The molecule has 0 aliphatic heterocycles. The molecule has 3 aromatic rings. The van der Waals surface area contributed by atoms with Crippen LogP contribution in [-0.4, -0.2) is 33.2 Å². The molecule has 1 saturated carbocycles. The average molecular weight is 372 g/mol. The quantitative estimate of drug-likeness (QED) is 0.713. The molecule has 0 spiro atoms. The Hall–Kier alpha value is -2.18. The second-order valence-electron chi connectivity index (χ2n) is 6.89. The molecule has 0 radical (unpaired) electrons. The van der Waals surface area contributed by atoms with E-state index in [9.17, 15) is 0 Å². The Morgan fingerprint density at radius 3 is 2.73 bits per heavy atom. The summed E-state index contributed by atoms with van der Waals surface area (Å²) >= 11 is 6.08. The van der Waals surface area contributed by atoms with Gasteiger partial charge >= 0.3 is 0 Å². The summed E-state index contributed by atoms with van der Waals surface area (Å²) in [4.78, 5) is 8.68. The van der Waals surface area contributed by atoms with Crippen LogP contribution >= 0.6 is 11.6 Å². The van der Waals surface area contributed by atoms with Crippen molar-refractivity contribution in [1.82, 2.24) is 19.6 Å². The smallest absolute Gasteiger partial charge is 0.254 e. The number of fused-ring (bicyclic) bond motifs is 1. The zero-order chi connectivity index (χ0) is 18.0. The first-order valence-electron chi connectivity index (χ1n) is 8.89. The molecule has 0 bridgehead atoms. The Kier molecular flexibility index (Phi) is 4.78. The lowest BCUT2D eigenvalue weighted by Crippen LogP contribution is -2.32. The van der Waals surface area contributed by atoms with E-state index in [0.717, 1.165) is 35.9 Å². The molecular formula is C19H22ClN5O.